The number of hydrogen-bond donors (Lipinski definition) is 0. The number of esters is 4. The molecule has 0 aliphatic heterocycles. The van der Waals surface area contributed by atoms with Crippen LogP contribution in [-0.4, -0.2) is 23.9 Å². The van der Waals surface area contributed by atoms with Crippen molar-refractivity contribution in [3.63, 3.8) is 0 Å². The number of hydrogen-bond acceptors (Lipinski definition) is 8. The minimum atomic E-state index is -1.01. The third kappa shape index (κ3) is 9.62. The van der Waals surface area contributed by atoms with Crippen molar-refractivity contribution in [1.29, 1.82) is 0 Å². The Balaban J connectivity index is 1.31. The number of carbonyl (C=O) groups is 4. The molecule has 246 valence electrons. The molecule has 2 atom stereocenters. The summed E-state index contributed by atoms with van der Waals surface area (Å²) in [6, 6.07) is 38.0. The lowest BCUT2D eigenvalue weighted by molar-refractivity contribution is -0.150. The number of ether oxygens (including phenoxy) is 4. The molecular weight excluding hydrogens is 620 g/mol. The molecule has 0 radical (unpaired) electrons. The van der Waals surface area contributed by atoms with Gasteiger partial charge in [-0.15, -0.1) is 0 Å². The van der Waals surface area contributed by atoms with Crippen LogP contribution in [0.4, 0.5) is 0 Å². The van der Waals surface area contributed by atoms with E-state index in [1.54, 1.807) is 91.0 Å². The van der Waals surface area contributed by atoms with E-state index in [0.29, 0.717) is 33.8 Å². The Morgan fingerprint density at radius 3 is 1.61 bits per heavy atom. The molecule has 49 heavy (non-hydrogen) atoms. The molecule has 8 nitrogen and oxygen atoms in total. The fourth-order valence-electron chi connectivity index (χ4n) is 4.92. The van der Waals surface area contributed by atoms with Crippen LogP contribution in [0.5, 0.6) is 11.5 Å². The van der Waals surface area contributed by atoms with Gasteiger partial charge in [0.2, 0.25) is 0 Å². The Morgan fingerprint density at radius 2 is 1.06 bits per heavy atom. The van der Waals surface area contributed by atoms with Gasteiger partial charge in [-0.1, -0.05) is 91.9 Å². The lowest BCUT2D eigenvalue weighted by atomic mass is 9.97. The average molecular weight is 655 g/mol. The van der Waals surface area contributed by atoms with Crippen LogP contribution in [-0.2, 0) is 25.5 Å². The Labute approximate surface area is 284 Å². The summed E-state index contributed by atoms with van der Waals surface area (Å²) in [4.78, 5) is 50.5. The van der Waals surface area contributed by atoms with E-state index in [4.69, 9.17) is 18.9 Å². The van der Waals surface area contributed by atoms with Gasteiger partial charge in [-0.2, -0.15) is 0 Å². The van der Waals surface area contributed by atoms with Crippen LogP contribution in [0.25, 0.3) is 6.08 Å². The predicted molar refractivity (Wildman–Crippen MR) is 184 cm³/mol. The second kappa shape index (κ2) is 16.5. The zero-order valence-corrected chi connectivity index (χ0v) is 27.0. The van der Waals surface area contributed by atoms with Gasteiger partial charge in [0.05, 0.1) is 11.1 Å². The van der Waals surface area contributed by atoms with E-state index in [2.05, 4.69) is 0 Å². The number of aryl methyl sites for hydroxylation is 1. The summed E-state index contributed by atoms with van der Waals surface area (Å²) >= 11 is 0. The molecule has 0 aliphatic rings. The molecular formula is C41H34O8. The van der Waals surface area contributed by atoms with Gasteiger partial charge in [0.25, 0.3) is 0 Å². The van der Waals surface area contributed by atoms with Crippen LogP contribution in [0.3, 0.4) is 0 Å². The quantitative estimate of drug-likeness (QED) is 0.0752. The SMILES string of the molecule is CCc1ccc(C(=O)Oc2ccc(/C=C/C(=O)OC(c3ccccc3)C(OC(=O)c3ccc(OC(C)=O)cc3)c3ccccc3)cc2)cc1. The normalized spacial score (nSPS) is 12.0. The highest BCUT2D eigenvalue weighted by atomic mass is 16.6. The van der Waals surface area contributed by atoms with Crippen molar-refractivity contribution < 1.29 is 38.1 Å². The van der Waals surface area contributed by atoms with Gasteiger partial charge in [0.15, 0.2) is 12.2 Å². The molecule has 0 saturated heterocycles. The van der Waals surface area contributed by atoms with E-state index in [1.165, 1.54) is 37.3 Å². The van der Waals surface area contributed by atoms with Crippen molar-refractivity contribution in [3.05, 3.63) is 173 Å². The summed E-state index contributed by atoms with van der Waals surface area (Å²) in [7, 11) is 0. The smallest absolute Gasteiger partial charge is 0.343 e. The van der Waals surface area contributed by atoms with E-state index < -0.39 is 36.1 Å². The molecule has 0 saturated carbocycles. The summed E-state index contributed by atoms with van der Waals surface area (Å²) in [5.41, 5.74) is 3.70. The standard InChI is InChI=1S/C41H34O8/c1-3-29-14-19-33(20-15-29)40(44)47-36-23-16-30(17-24-36)18-27-37(43)48-38(31-10-6-4-7-11-31)39(32-12-8-5-9-13-32)49-41(45)34-21-25-35(26-22-34)46-28(2)42/h4-27,38-39H,3H2,1-2H3/b27-18+. The number of benzene rings is 5. The molecule has 0 fully saturated rings. The van der Waals surface area contributed by atoms with Gasteiger partial charge < -0.3 is 18.9 Å². The van der Waals surface area contributed by atoms with Gasteiger partial charge >= 0.3 is 23.9 Å². The highest BCUT2D eigenvalue weighted by molar-refractivity contribution is 5.91. The maximum Gasteiger partial charge on any atom is 0.343 e. The van der Waals surface area contributed by atoms with Crippen molar-refractivity contribution in [2.45, 2.75) is 32.5 Å². The average Bonchev–Trinajstić information content (AvgIpc) is 3.13. The summed E-state index contributed by atoms with van der Waals surface area (Å²) in [6.45, 7) is 3.33. The first-order valence-electron chi connectivity index (χ1n) is 15.7. The highest BCUT2D eigenvalue weighted by Crippen LogP contribution is 2.36. The van der Waals surface area contributed by atoms with Crippen molar-refractivity contribution >= 4 is 30.0 Å². The molecule has 0 amide bonds. The Bertz CT molecular complexity index is 1900. The first kappa shape index (κ1) is 34.1. The summed E-state index contributed by atoms with van der Waals surface area (Å²) < 4.78 is 22.6. The van der Waals surface area contributed by atoms with Crippen molar-refractivity contribution in [2.75, 3.05) is 0 Å². The summed E-state index contributed by atoms with van der Waals surface area (Å²) in [6.07, 6.45) is 1.73. The van der Waals surface area contributed by atoms with Gasteiger partial charge in [0.1, 0.15) is 11.5 Å². The zero-order valence-electron chi connectivity index (χ0n) is 27.0. The van der Waals surface area contributed by atoms with E-state index in [1.807, 2.05) is 31.2 Å². The molecule has 5 aromatic rings. The fraction of sp³-hybridized carbons (Fsp3) is 0.122. The maximum atomic E-state index is 13.4. The lowest BCUT2D eigenvalue weighted by Crippen LogP contribution is -2.23. The monoisotopic (exact) mass is 654 g/mol. The van der Waals surface area contributed by atoms with Gasteiger partial charge in [-0.25, -0.2) is 14.4 Å². The van der Waals surface area contributed by atoms with Crippen molar-refractivity contribution in [3.8, 4) is 11.5 Å². The van der Waals surface area contributed by atoms with Crippen LogP contribution >= 0.6 is 0 Å². The van der Waals surface area contributed by atoms with E-state index in [9.17, 15) is 19.2 Å². The van der Waals surface area contributed by atoms with Gasteiger partial charge in [0, 0.05) is 13.0 Å². The van der Waals surface area contributed by atoms with E-state index >= 15 is 0 Å². The van der Waals surface area contributed by atoms with Gasteiger partial charge in [-0.05, 0) is 83.3 Å². The van der Waals surface area contributed by atoms with Crippen LogP contribution in [0.2, 0.25) is 0 Å². The van der Waals surface area contributed by atoms with Crippen LogP contribution in [0.1, 0.15) is 69.0 Å². The topological polar surface area (TPSA) is 105 Å². The molecule has 0 heterocycles. The maximum absolute atomic E-state index is 13.4. The van der Waals surface area contributed by atoms with Gasteiger partial charge in [-0.3, -0.25) is 4.79 Å². The molecule has 0 aliphatic carbocycles. The Kier molecular flexibility index (Phi) is 11.5. The molecule has 0 spiro atoms. The second-order valence-electron chi connectivity index (χ2n) is 11.0. The third-order valence-electron chi connectivity index (χ3n) is 7.46. The predicted octanol–water partition coefficient (Wildman–Crippen LogP) is 8.29. The van der Waals surface area contributed by atoms with Crippen LogP contribution < -0.4 is 9.47 Å². The molecule has 5 rings (SSSR count). The Hall–Kier alpha value is -6.28. The number of rotatable bonds is 12. The second-order valence-corrected chi connectivity index (χ2v) is 11.0. The molecule has 0 bridgehead atoms. The molecule has 0 N–H and O–H groups in total. The van der Waals surface area contributed by atoms with Crippen molar-refractivity contribution in [1.82, 2.24) is 0 Å². The van der Waals surface area contributed by atoms with Crippen LogP contribution in [0, 0.1) is 0 Å². The zero-order chi connectivity index (χ0) is 34.6. The lowest BCUT2D eigenvalue weighted by Gasteiger charge is -2.27. The Morgan fingerprint density at radius 1 is 0.571 bits per heavy atom. The minimum Gasteiger partial charge on any atom is -0.450 e. The first-order valence-corrected chi connectivity index (χ1v) is 15.7. The molecule has 5 aromatic carbocycles. The van der Waals surface area contributed by atoms with E-state index in [0.717, 1.165) is 12.0 Å². The van der Waals surface area contributed by atoms with Crippen molar-refractivity contribution in [2.24, 2.45) is 0 Å². The molecule has 2 unspecified atom stereocenters. The minimum absolute atomic E-state index is 0.221. The largest absolute Gasteiger partial charge is 0.450 e. The van der Waals surface area contributed by atoms with E-state index in [-0.39, 0.29) is 5.56 Å². The third-order valence-corrected chi connectivity index (χ3v) is 7.46. The number of carbonyl (C=O) groups excluding carboxylic acids is 4. The summed E-state index contributed by atoms with van der Waals surface area (Å²) in [5.74, 6) is -1.61. The van der Waals surface area contributed by atoms with Crippen LogP contribution in [0.15, 0.2) is 140 Å². The molecule has 8 heteroatoms. The first-order chi connectivity index (χ1) is 23.8. The highest BCUT2D eigenvalue weighted by Gasteiger charge is 2.32. The summed E-state index contributed by atoms with van der Waals surface area (Å²) in [5, 5.41) is 0. The fourth-order valence-corrected chi connectivity index (χ4v) is 4.92. The molecule has 0 aromatic heterocycles.